The van der Waals surface area contributed by atoms with E-state index in [2.05, 4.69) is 15.9 Å². The number of carbonyl (C=O) groups excluding carboxylic acids is 1. The maximum Gasteiger partial charge on any atom is 0.412 e. The zero-order chi connectivity index (χ0) is 20.4. The fraction of sp³-hybridized carbons (Fsp3) is 0.167. The van der Waals surface area contributed by atoms with Crippen LogP contribution in [-0.4, -0.2) is 18.6 Å². The van der Waals surface area contributed by atoms with E-state index in [1.54, 1.807) is 12.1 Å². The average Bonchev–Trinajstić information content (AvgIpc) is 2.55. The maximum atomic E-state index is 14.4. The van der Waals surface area contributed by atoms with Gasteiger partial charge in [0, 0.05) is 20.2 Å². The predicted octanol–water partition coefficient (Wildman–Crippen LogP) is 7.00. The van der Waals surface area contributed by atoms with Crippen molar-refractivity contribution in [3.8, 4) is 0 Å². The highest BCUT2D eigenvalue weighted by Gasteiger charge is 2.31. The molecule has 0 aliphatic heterocycles. The van der Waals surface area contributed by atoms with Gasteiger partial charge in [0.05, 0.1) is 16.3 Å². The number of halogens is 7. The van der Waals surface area contributed by atoms with Crippen molar-refractivity contribution < 1.29 is 22.4 Å². The van der Waals surface area contributed by atoms with E-state index in [1.807, 2.05) is 22.6 Å². The van der Waals surface area contributed by atoms with Crippen molar-refractivity contribution in [1.82, 2.24) is 0 Å². The van der Waals surface area contributed by atoms with Gasteiger partial charge in [0.2, 0.25) is 0 Å². The fourth-order valence-electron chi connectivity index (χ4n) is 2.17. The molecule has 9 heteroatoms. The lowest BCUT2D eigenvalue weighted by Crippen LogP contribution is -2.33. The van der Waals surface area contributed by atoms with E-state index in [4.69, 9.17) is 11.6 Å². The molecule has 2 aromatic rings. The molecule has 0 heterocycles. The molecule has 144 valence electrons. The first-order valence-corrected chi connectivity index (χ1v) is 9.72. The van der Waals surface area contributed by atoms with Crippen LogP contribution in [0.4, 0.5) is 23.2 Å². The van der Waals surface area contributed by atoms with Crippen LogP contribution in [0, 0.1) is 9.39 Å². The summed E-state index contributed by atoms with van der Waals surface area (Å²) in [4.78, 5) is 13.9. The van der Waals surface area contributed by atoms with Gasteiger partial charge in [-0.05, 0) is 59.8 Å². The normalized spacial score (nSPS) is 12.2. The molecule has 0 spiro atoms. The Morgan fingerprint density at radius 2 is 1.96 bits per heavy atom. The summed E-state index contributed by atoms with van der Waals surface area (Å²) in [6.07, 6.45) is -3.72. The second-order valence-corrected chi connectivity index (χ2v) is 7.98. The predicted molar refractivity (Wildman–Crippen MR) is 110 cm³/mol. The Kier molecular flexibility index (Phi) is 7.32. The first kappa shape index (κ1) is 22.2. The highest BCUT2D eigenvalue weighted by atomic mass is 127. The van der Waals surface area contributed by atoms with Gasteiger partial charge in [0.15, 0.2) is 0 Å². The molecule has 2 nitrogen and oxygen atoms in total. The van der Waals surface area contributed by atoms with Crippen LogP contribution < -0.4 is 4.90 Å². The molecule has 2 aromatic carbocycles. The number of rotatable bonds is 4. The van der Waals surface area contributed by atoms with Crippen LogP contribution in [-0.2, 0) is 0 Å². The van der Waals surface area contributed by atoms with E-state index in [0.717, 1.165) is 28.4 Å². The molecular formula is C18H12BrClF4INO. The Hall–Kier alpha value is -1.13. The number of para-hydroxylation sites is 1. The molecule has 0 fully saturated rings. The van der Waals surface area contributed by atoms with Gasteiger partial charge < -0.3 is 4.90 Å². The summed E-state index contributed by atoms with van der Waals surface area (Å²) >= 11 is 11.2. The summed E-state index contributed by atoms with van der Waals surface area (Å²) < 4.78 is 54.1. The van der Waals surface area contributed by atoms with E-state index >= 15 is 0 Å². The summed E-state index contributed by atoms with van der Waals surface area (Å²) in [7, 11) is 0. The monoisotopic (exact) mass is 575 g/mol. The lowest BCUT2D eigenvalue weighted by molar-refractivity contribution is -0.0915. The highest BCUT2D eigenvalue weighted by molar-refractivity contribution is 14.1. The number of alkyl halides is 3. The number of hydrogen-bond donors (Lipinski definition) is 0. The van der Waals surface area contributed by atoms with Crippen LogP contribution in [0.5, 0.6) is 0 Å². The number of amides is 1. The maximum absolute atomic E-state index is 14.4. The zero-order valence-electron chi connectivity index (χ0n) is 13.7. The van der Waals surface area contributed by atoms with Gasteiger partial charge in [0.1, 0.15) is 5.82 Å². The highest BCUT2D eigenvalue weighted by Crippen LogP contribution is 2.32. The van der Waals surface area contributed by atoms with Crippen LogP contribution in [0.3, 0.4) is 0 Å². The number of nitrogens with zero attached hydrogens (tertiary/aromatic N) is 1. The molecule has 0 bridgehead atoms. The summed E-state index contributed by atoms with van der Waals surface area (Å²) in [5.41, 5.74) is -0.941. The van der Waals surface area contributed by atoms with Crippen molar-refractivity contribution in [3.63, 3.8) is 0 Å². The summed E-state index contributed by atoms with van der Waals surface area (Å²) in [5, 5.41) is -0.0754. The van der Waals surface area contributed by atoms with E-state index in [0.29, 0.717) is 3.57 Å². The van der Waals surface area contributed by atoms with Crippen LogP contribution in [0.15, 0.2) is 52.5 Å². The van der Waals surface area contributed by atoms with Gasteiger partial charge in [-0.1, -0.05) is 39.7 Å². The summed E-state index contributed by atoms with van der Waals surface area (Å²) in [6.45, 7) is 0.395. The lowest BCUT2D eigenvalue weighted by atomic mass is 10.1. The number of benzene rings is 2. The van der Waals surface area contributed by atoms with Gasteiger partial charge >= 0.3 is 6.18 Å². The molecule has 2 rings (SSSR count). The van der Waals surface area contributed by atoms with Gasteiger partial charge in [-0.3, -0.25) is 4.79 Å². The molecule has 0 saturated carbocycles. The van der Waals surface area contributed by atoms with Crippen molar-refractivity contribution >= 4 is 61.7 Å². The molecule has 1 amide bonds. The molecular weight excluding hydrogens is 564 g/mol. The topological polar surface area (TPSA) is 20.3 Å². The minimum atomic E-state index is -4.54. The van der Waals surface area contributed by atoms with Gasteiger partial charge in [0.25, 0.3) is 5.91 Å². The van der Waals surface area contributed by atoms with Crippen molar-refractivity contribution in [2.45, 2.75) is 13.1 Å². The second-order valence-electron chi connectivity index (χ2n) is 5.50. The first-order valence-electron chi connectivity index (χ1n) is 7.47. The van der Waals surface area contributed by atoms with Crippen LogP contribution >= 0.6 is 50.1 Å². The molecule has 0 unspecified atom stereocenters. The van der Waals surface area contributed by atoms with Crippen LogP contribution in [0.2, 0.25) is 5.02 Å². The van der Waals surface area contributed by atoms with E-state index in [-0.39, 0.29) is 16.3 Å². The largest absolute Gasteiger partial charge is 0.412 e. The van der Waals surface area contributed by atoms with Crippen molar-refractivity contribution in [2.75, 3.05) is 11.4 Å². The molecule has 0 aliphatic carbocycles. The second kappa shape index (κ2) is 8.91. The lowest BCUT2D eigenvalue weighted by Gasteiger charge is -2.24. The molecule has 0 saturated heterocycles. The molecule has 0 aromatic heterocycles. The summed E-state index contributed by atoms with van der Waals surface area (Å²) in [6, 6.07) is 8.61. The zero-order valence-corrected chi connectivity index (χ0v) is 18.2. The summed E-state index contributed by atoms with van der Waals surface area (Å²) in [5.74, 6) is -1.47. The number of anilines is 1. The Morgan fingerprint density at radius 3 is 2.52 bits per heavy atom. The van der Waals surface area contributed by atoms with Crippen LogP contribution in [0.25, 0.3) is 0 Å². The minimum Gasteiger partial charge on any atom is -0.300 e. The number of carbonyl (C=O) groups is 1. The third kappa shape index (κ3) is 5.45. The van der Waals surface area contributed by atoms with Crippen molar-refractivity contribution in [1.29, 1.82) is 0 Å². The van der Waals surface area contributed by atoms with Crippen molar-refractivity contribution in [2.24, 2.45) is 0 Å². The third-order valence-electron chi connectivity index (χ3n) is 3.64. The quantitative estimate of drug-likeness (QED) is 0.218. The smallest absolute Gasteiger partial charge is 0.300 e. The molecule has 0 N–H and O–H groups in total. The van der Waals surface area contributed by atoms with E-state index in [1.165, 1.54) is 18.2 Å². The SMILES string of the molecule is C/C(=C\CN(C(=O)c1ccc(Br)cc1I)c1c(F)cccc1Cl)C(F)(F)F. The fourth-order valence-corrected chi connectivity index (χ4v) is 3.97. The standard InChI is InChI=1S/C18H12BrClF4INO/c1-10(18(22,23)24)7-8-26(16-13(20)3-2-4-14(16)21)17(27)12-6-5-11(19)9-15(12)25/h2-7,9H,8H2,1H3/b10-7+. The first-order chi connectivity index (χ1) is 12.5. The molecule has 0 atom stereocenters. The molecule has 0 aliphatic rings. The minimum absolute atomic E-state index is 0.0754. The molecule has 27 heavy (non-hydrogen) atoms. The van der Waals surface area contributed by atoms with Gasteiger partial charge in [-0.2, -0.15) is 13.2 Å². The Morgan fingerprint density at radius 1 is 1.30 bits per heavy atom. The Balaban J connectivity index is 2.54. The van der Waals surface area contributed by atoms with Gasteiger partial charge in [-0.15, -0.1) is 0 Å². The Labute approximate surface area is 180 Å². The van der Waals surface area contributed by atoms with E-state index in [9.17, 15) is 22.4 Å². The third-order valence-corrected chi connectivity index (χ3v) is 5.33. The van der Waals surface area contributed by atoms with Gasteiger partial charge in [-0.25, -0.2) is 4.39 Å². The average molecular weight is 577 g/mol. The number of hydrogen-bond acceptors (Lipinski definition) is 1. The number of allylic oxidation sites excluding steroid dienone is 1. The Bertz CT molecular complexity index is 881. The van der Waals surface area contributed by atoms with E-state index < -0.39 is 30.0 Å². The van der Waals surface area contributed by atoms with Crippen molar-refractivity contribution in [3.05, 3.63) is 72.5 Å². The molecule has 0 radical (unpaired) electrons. The van der Waals surface area contributed by atoms with Crippen LogP contribution in [0.1, 0.15) is 17.3 Å².